The van der Waals surface area contributed by atoms with Crippen molar-refractivity contribution in [3.63, 3.8) is 0 Å². The van der Waals surface area contributed by atoms with Crippen molar-refractivity contribution >= 4 is 11.6 Å². The van der Waals surface area contributed by atoms with Crippen LogP contribution in [0.4, 0.5) is 4.39 Å². The SMILES string of the molecule is Fc1ccc(C2CCNCC2c2ccccc2Cl)cc1. The average molecular weight is 290 g/mol. The van der Waals surface area contributed by atoms with E-state index in [4.69, 9.17) is 11.6 Å². The van der Waals surface area contributed by atoms with Gasteiger partial charge in [-0.05, 0) is 48.2 Å². The van der Waals surface area contributed by atoms with Gasteiger partial charge in [-0.25, -0.2) is 4.39 Å². The van der Waals surface area contributed by atoms with Crippen LogP contribution in [0.1, 0.15) is 29.4 Å². The molecule has 0 spiro atoms. The quantitative estimate of drug-likeness (QED) is 0.867. The van der Waals surface area contributed by atoms with E-state index in [0.29, 0.717) is 11.8 Å². The van der Waals surface area contributed by atoms with E-state index in [-0.39, 0.29) is 5.82 Å². The Morgan fingerprint density at radius 2 is 1.75 bits per heavy atom. The Bertz CT molecular complexity index is 582. The smallest absolute Gasteiger partial charge is 0.123 e. The molecule has 2 unspecified atom stereocenters. The van der Waals surface area contributed by atoms with E-state index >= 15 is 0 Å². The van der Waals surface area contributed by atoms with Crippen LogP contribution in [0.2, 0.25) is 5.02 Å². The molecule has 0 radical (unpaired) electrons. The maximum atomic E-state index is 13.1. The van der Waals surface area contributed by atoms with E-state index in [9.17, 15) is 4.39 Å². The molecular formula is C17H17ClFN. The number of piperidine rings is 1. The van der Waals surface area contributed by atoms with Crippen LogP contribution in [0.15, 0.2) is 48.5 Å². The molecule has 0 saturated carbocycles. The second-order valence-electron chi connectivity index (χ2n) is 5.28. The van der Waals surface area contributed by atoms with Crippen LogP contribution in [-0.4, -0.2) is 13.1 Å². The zero-order valence-corrected chi connectivity index (χ0v) is 11.9. The predicted molar refractivity (Wildman–Crippen MR) is 80.8 cm³/mol. The largest absolute Gasteiger partial charge is 0.316 e. The van der Waals surface area contributed by atoms with Crippen LogP contribution in [0.25, 0.3) is 0 Å². The van der Waals surface area contributed by atoms with E-state index in [2.05, 4.69) is 11.4 Å². The summed E-state index contributed by atoms with van der Waals surface area (Å²) in [7, 11) is 0. The summed E-state index contributed by atoms with van der Waals surface area (Å²) in [6.07, 6.45) is 1.04. The first kappa shape index (κ1) is 13.6. The average Bonchev–Trinajstić information content (AvgIpc) is 2.49. The number of hydrogen-bond acceptors (Lipinski definition) is 1. The minimum atomic E-state index is -0.183. The van der Waals surface area contributed by atoms with Crippen molar-refractivity contribution < 1.29 is 4.39 Å². The van der Waals surface area contributed by atoms with Gasteiger partial charge >= 0.3 is 0 Å². The Hall–Kier alpha value is -1.38. The van der Waals surface area contributed by atoms with Crippen molar-refractivity contribution in [1.82, 2.24) is 5.32 Å². The molecule has 1 aliphatic heterocycles. The van der Waals surface area contributed by atoms with Gasteiger partial charge in [0.05, 0.1) is 0 Å². The number of rotatable bonds is 2. The highest BCUT2D eigenvalue weighted by Crippen LogP contribution is 2.39. The molecule has 3 heteroatoms. The number of hydrogen-bond donors (Lipinski definition) is 1. The van der Waals surface area contributed by atoms with Gasteiger partial charge in [-0.2, -0.15) is 0 Å². The topological polar surface area (TPSA) is 12.0 Å². The number of benzene rings is 2. The lowest BCUT2D eigenvalue weighted by Crippen LogP contribution is -2.34. The zero-order chi connectivity index (χ0) is 13.9. The molecular weight excluding hydrogens is 273 g/mol. The van der Waals surface area contributed by atoms with Gasteiger partial charge in [0.15, 0.2) is 0 Å². The summed E-state index contributed by atoms with van der Waals surface area (Å²) in [5.74, 6) is 0.539. The first-order valence-corrected chi connectivity index (χ1v) is 7.34. The first-order valence-electron chi connectivity index (χ1n) is 6.96. The molecule has 0 aliphatic carbocycles. The van der Waals surface area contributed by atoms with Crippen LogP contribution in [0.3, 0.4) is 0 Å². The lowest BCUT2D eigenvalue weighted by molar-refractivity contribution is 0.404. The van der Waals surface area contributed by atoms with Crippen molar-refractivity contribution in [1.29, 1.82) is 0 Å². The summed E-state index contributed by atoms with van der Waals surface area (Å²) in [5, 5.41) is 4.25. The van der Waals surface area contributed by atoms with Gasteiger partial charge < -0.3 is 5.32 Å². The molecule has 1 heterocycles. The molecule has 1 N–H and O–H groups in total. The summed E-state index contributed by atoms with van der Waals surface area (Å²) >= 11 is 6.35. The molecule has 1 fully saturated rings. The van der Waals surface area contributed by atoms with Gasteiger partial charge in [-0.1, -0.05) is 41.9 Å². The van der Waals surface area contributed by atoms with E-state index < -0.39 is 0 Å². The summed E-state index contributed by atoms with van der Waals surface area (Å²) < 4.78 is 13.1. The molecule has 1 saturated heterocycles. The Balaban J connectivity index is 1.95. The normalized spacial score (nSPS) is 22.7. The highest BCUT2D eigenvalue weighted by Gasteiger charge is 2.28. The second kappa shape index (κ2) is 5.94. The number of nitrogens with one attached hydrogen (secondary N) is 1. The summed E-state index contributed by atoms with van der Waals surface area (Å²) in [6.45, 7) is 1.90. The van der Waals surface area contributed by atoms with E-state index in [0.717, 1.165) is 24.5 Å². The minimum Gasteiger partial charge on any atom is -0.316 e. The minimum absolute atomic E-state index is 0.183. The van der Waals surface area contributed by atoms with E-state index in [1.54, 1.807) is 12.1 Å². The van der Waals surface area contributed by atoms with Crippen LogP contribution >= 0.6 is 11.6 Å². The molecule has 1 aliphatic rings. The highest BCUT2D eigenvalue weighted by molar-refractivity contribution is 6.31. The molecule has 0 amide bonds. The van der Waals surface area contributed by atoms with Crippen LogP contribution in [-0.2, 0) is 0 Å². The van der Waals surface area contributed by atoms with E-state index in [1.165, 1.54) is 11.1 Å². The molecule has 2 atom stereocenters. The molecule has 2 aromatic carbocycles. The molecule has 2 aromatic rings. The standard InChI is InChI=1S/C17H17ClFN/c18-17-4-2-1-3-15(17)16-11-20-10-9-14(16)12-5-7-13(19)8-6-12/h1-8,14,16,20H,9-11H2. The maximum absolute atomic E-state index is 13.1. The molecule has 0 bridgehead atoms. The van der Waals surface area contributed by atoms with Crippen LogP contribution in [0.5, 0.6) is 0 Å². The van der Waals surface area contributed by atoms with Gasteiger partial charge in [-0.15, -0.1) is 0 Å². The maximum Gasteiger partial charge on any atom is 0.123 e. The van der Waals surface area contributed by atoms with Gasteiger partial charge in [0.1, 0.15) is 5.82 Å². The number of halogens is 2. The predicted octanol–water partition coefficient (Wildman–Crippen LogP) is 4.34. The molecule has 3 rings (SSSR count). The van der Waals surface area contributed by atoms with Gasteiger partial charge in [-0.3, -0.25) is 0 Å². The fourth-order valence-corrected chi connectivity index (χ4v) is 3.35. The fourth-order valence-electron chi connectivity index (χ4n) is 3.07. The Kier molecular flexibility index (Phi) is 4.04. The van der Waals surface area contributed by atoms with Gasteiger partial charge in [0.2, 0.25) is 0 Å². The third kappa shape index (κ3) is 2.72. The Morgan fingerprint density at radius 1 is 1.00 bits per heavy atom. The second-order valence-corrected chi connectivity index (χ2v) is 5.69. The summed E-state index contributed by atoms with van der Waals surface area (Å²) in [5.41, 5.74) is 2.37. The first-order chi connectivity index (χ1) is 9.75. The van der Waals surface area contributed by atoms with Crippen molar-refractivity contribution in [3.8, 4) is 0 Å². The third-order valence-corrected chi connectivity index (χ3v) is 4.43. The van der Waals surface area contributed by atoms with Crippen molar-refractivity contribution in [2.75, 3.05) is 13.1 Å². The highest BCUT2D eigenvalue weighted by atomic mass is 35.5. The van der Waals surface area contributed by atoms with Crippen molar-refractivity contribution in [3.05, 3.63) is 70.5 Å². The van der Waals surface area contributed by atoms with Crippen molar-refractivity contribution in [2.45, 2.75) is 18.3 Å². The summed E-state index contributed by atoms with van der Waals surface area (Å²) in [6, 6.07) is 14.9. The molecule has 20 heavy (non-hydrogen) atoms. The molecule has 0 aromatic heterocycles. The third-order valence-electron chi connectivity index (χ3n) is 4.08. The Labute approximate surface area is 123 Å². The molecule has 104 valence electrons. The monoisotopic (exact) mass is 289 g/mol. The lowest BCUT2D eigenvalue weighted by Gasteiger charge is -2.33. The lowest BCUT2D eigenvalue weighted by atomic mass is 9.77. The van der Waals surface area contributed by atoms with Crippen LogP contribution in [0, 0.1) is 5.82 Å². The van der Waals surface area contributed by atoms with Crippen LogP contribution < -0.4 is 5.32 Å². The van der Waals surface area contributed by atoms with E-state index in [1.807, 2.05) is 30.3 Å². The van der Waals surface area contributed by atoms with Gasteiger partial charge in [0.25, 0.3) is 0 Å². The Morgan fingerprint density at radius 3 is 2.50 bits per heavy atom. The zero-order valence-electron chi connectivity index (χ0n) is 11.2. The molecule has 1 nitrogen and oxygen atoms in total. The fraction of sp³-hybridized carbons (Fsp3) is 0.294. The van der Waals surface area contributed by atoms with Crippen molar-refractivity contribution in [2.24, 2.45) is 0 Å². The summed E-state index contributed by atoms with van der Waals surface area (Å²) in [4.78, 5) is 0. The van der Waals surface area contributed by atoms with Gasteiger partial charge in [0, 0.05) is 17.5 Å².